The van der Waals surface area contributed by atoms with Crippen LogP contribution in [0.25, 0.3) is 33.7 Å². The highest BCUT2D eigenvalue weighted by Gasteiger charge is 2.19. The third kappa shape index (κ3) is 5.11. The van der Waals surface area contributed by atoms with Crippen molar-refractivity contribution in [1.29, 1.82) is 10.5 Å². The summed E-state index contributed by atoms with van der Waals surface area (Å²) in [6.45, 7) is 0.810. The molecule has 6 aromatic rings. The van der Waals surface area contributed by atoms with E-state index in [2.05, 4.69) is 102 Å². The van der Waals surface area contributed by atoms with Crippen molar-refractivity contribution in [3.8, 4) is 12.1 Å². The fourth-order valence-corrected chi connectivity index (χ4v) is 6.59. The Morgan fingerprint density at radius 2 is 1.23 bits per heavy atom. The lowest BCUT2D eigenvalue weighted by atomic mass is 9.90. The predicted molar refractivity (Wildman–Crippen MR) is 182 cm³/mol. The number of aryl methyl sites for hydroxylation is 1. The van der Waals surface area contributed by atoms with Crippen molar-refractivity contribution in [2.75, 3.05) is 4.90 Å². The van der Waals surface area contributed by atoms with E-state index >= 15 is 0 Å². The van der Waals surface area contributed by atoms with Crippen molar-refractivity contribution in [2.45, 2.75) is 32.2 Å². The topological polar surface area (TPSA) is 50.8 Å². The number of benzene rings is 6. The molecule has 0 N–H and O–H groups in total. The molecule has 0 bridgehead atoms. The van der Waals surface area contributed by atoms with Crippen molar-refractivity contribution in [3.05, 3.63) is 154 Å². The Bertz CT molecular complexity index is 2110. The van der Waals surface area contributed by atoms with E-state index in [0.29, 0.717) is 11.1 Å². The summed E-state index contributed by atoms with van der Waals surface area (Å²) in [5.74, 6) is 0. The highest BCUT2D eigenvalue weighted by atomic mass is 15.1. The molecule has 7 rings (SSSR count). The molecule has 0 atom stereocenters. The molecule has 6 aromatic carbocycles. The number of nitrogens with zero attached hydrogens (tertiary/aromatic N) is 3. The van der Waals surface area contributed by atoms with Crippen LogP contribution in [0.1, 0.15) is 51.8 Å². The van der Waals surface area contributed by atoms with E-state index < -0.39 is 0 Å². The molecule has 0 saturated heterocycles. The van der Waals surface area contributed by atoms with Gasteiger partial charge in [-0.15, -0.1) is 0 Å². The first-order chi connectivity index (χ1) is 21.7. The smallest absolute Gasteiger partial charge is 0.100 e. The van der Waals surface area contributed by atoms with Crippen LogP contribution in [-0.4, -0.2) is 0 Å². The van der Waals surface area contributed by atoms with Gasteiger partial charge in [-0.1, -0.05) is 103 Å². The van der Waals surface area contributed by atoms with Crippen LogP contribution < -0.4 is 4.90 Å². The van der Waals surface area contributed by atoms with Crippen LogP contribution in [-0.2, 0) is 19.4 Å². The van der Waals surface area contributed by atoms with Crippen LogP contribution in [0.5, 0.6) is 0 Å². The van der Waals surface area contributed by atoms with Crippen LogP contribution in [0.15, 0.2) is 115 Å². The molecule has 44 heavy (non-hydrogen) atoms. The summed E-state index contributed by atoms with van der Waals surface area (Å²) in [4.78, 5) is 2.46. The summed E-state index contributed by atoms with van der Waals surface area (Å²) in [6.07, 6.45) is 8.97. The molecule has 0 saturated carbocycles. The first kappa shape index (κ1) is 27.2. The molecule has 210 valence electrons. The van der Waals surface area contributed by atoms with Gasteiger partial charge >= 0.3 is 0 Å². The molecule has 0 fully saturated rings. The molecule has 3 nitrogen and oxygen atoms in total. The summed E-state index contributed by atoms with van der Waals surface area (Å²) in [5.41, 5.74) is 10.0. The molecule has 0 amide bonds. The molecule has 3 heteroatoms. The monoisotopic (exact) mass is 565 g/mol. The van der Waals surface area contributed by atoms with Gasteiger partial charge < -0.3 is 4.90 Å². The molecule has 1 aliphatic rings. The van der Waals surface area contributed by atoms with Gasteiger partial charge in [0.1, 0.15) is 12.1 Å². The van der Waals surface area contributed by atoms with Crippen molar-refractivity contribution in [3.63, 3.8) is 0 Å². The zero-order valence-electron chi connectivity index (χ0n) is 24.5. The molecule has 0 aliphatic heterocycles. The molecular formula is C41H31N3. The van der Waals surface area contributed by atoms with Crippen molar-refractivity contribution < 1.29 is 0 Å². The summed E-state index contributed by atoms with van der Waals surface area (Å²) >= 11 is 0. The molecule has 1 aliphatic carbocycles. The Labute approximate surface area is 258 Å². The highest BCUT2D eigenvalue weighted by molar-refractivity contribution is 6.09. The van der Waals surface area contributed by atoms with Crippen molar-refractivity contribution in [1.82, 2.24) is 0 Å². The van der Waals surface area contributed by atoms with E-state index in [-0.39, 0.29) is 0 Å². The SMILES string of the molecule is N#Cc1c2ccccc2c(C#N)c2cc(C=Cc3ccc(N(Cc4ccccc4)c4cccc5c4CCCC5)cc3)ccc12. The minimum atomic E-state index is 0.607. The fourth-order valence-electron chi connectivity index (χ4n) is 6.59. The second kappa shape index (κ2) is 11.9. The Kier molecular flexibility index (Phi) is 7.37. The van der Waals surface area contributed by atoms with E-state index in [1.165, 1.54) is 40.9 Å². The normalized spacial score (nSPS) is 12.6. The van der Waals surface area contributed by atoms with E-state index in [9.17, 15) is 10.5 Å². The average molecular weight is 566 g/mol. The first-order valence-corrected chi connectivity index (χ1v) is 15.2. The Morgan fingerprint density at radius 1 is 0.591 bits per heavy atom. The number of hydrogen-bond acceptors (Lipinski definition) is 3. The van der Waals surface area contributed by atoms with Crippen LogP contribution in [0, 0.1) is 22.7 Å². The molecular weight excluding hydrogens is 534 g/mol. The Hall–Kier alpha value is -5.64. The second-order valence-electron chi connectivity index (χ2n) is 11.4. The van der Waals surface area contributed by atoms with E-state index in [0.717, 1.165) is 52.1 Å². The van der Waals surface area contributed by atoms with E-state index in [1.54, 1.807) is 0 Å². The lowest BCUT2D eigenvalue weighted by molar-refractivity contribution is 0.684. The number of nitriles is 2. The third-order valence-corrected chi connectivity index (χ3v) is 8.79. The highest BCUT2D eigenvalue weighted by Crippen LogP contribution is 2.36. The largest absolute Gasteiger partial charge is 0.337 e. The molecule has 0 radical (unpaired) electrons. The van der Waals surface area contributed by atoms with Gasteiger partial charge in [0.15, 0.2) is 0 Å². The lowest BCUT2D eigenvalue weighted by Gasteiger charge is -2.30. The number of hydrogen-bond donors (Lipinski definition) is 0. The third-order valence-electron chi connectivity index (χ3n) is 8.79. The van der Waals surface area contributed by atoms with Crippen molar-refractivity contribution >= 4 is 45.1 Å². The number of anilines is 2. The lowest BCUT2D eigenvalue weighted by Crippen LogP contribution is -2.19. The van der Waals surface area contributed by atoms with Gasteiger partial charge in [0.05, 0.1) is 11.1 Å². The predicted octanol–water partition coefficient (Wildman–Crippen LogP) is 10.1. The zero-order valence-corrected chi connectivity index (χ0v) is 24.5. The summed E-state index contributed by atoms with van der Waals surface area (Å²) in [6, 6.07) is 44.6. The maximum absolute atomic E-state index is 10.1. The maximum Gasteiger partial charge on any atom is 0.100 e. The Morgan fingerprint density at radius 3 is 1.98 bits per heavy atom. The van der Waals surface area contributed by atoms with Gasteiger partial charge in [0.25, 0.3) is 0 Å². The quantitative estimate of drug-likeness (QED) is 0.149. The number of rotatable bonds is 6. The fraction of sp³-hybridized carbons (Fsp3) is 0.122. The van der Waals surface area contributed by atoms with Gasteiger partial charge in [0, 0.05) is 39.5 Å². The van der Waals surface area contributed by atoms with Gasteiger partial charge in [-0.3, -0.25) is 0 Å². The minimum Gasteiger partial charge on any atom is -0.337 e. The molecule has 0 spiro atoms. The summed E-state index contributed by atoms with van der Waals surface area (Å²) in [5, 5.41) is 23.2. The van der Waals surface area contributed by atoms with Crippen LogP contribution >= 0.6 is 0 Å². The van der Waals surface area contributed by atoms with Crippen LogP contribution in [0.2, 0.25) is 0 Å². The Balaban J connectivity index is 1.22. The van der Waals surface area contributed by atoms with Gasteiger partial charge in [-0.05, 0) is 77.8 Å². The average Bonchev–Trinajstić information content (AvgIpc) is 3.09. The first-order valence-electron chi connectivity index (χ1n) is 15.2. The van der Waals surface area contributed by atoms with E-state index in [4.69, 9.17) is 0 Å². The van der Waals surface area contributed by atoms with Gasteiger partial charge in [-0.2, -0.15) is 10.5 Å². The molecule has 0 heterocycles. The summed E-state index contributed by atoms with van der Waals surface area (Å²) < 4.78 is 0. The van der Waals surface area contributed by atoms with E-state index in [1.807, 2.05) is 42.5 Å². The maximum atomic E-state index is 10.1. The molecule has 0 aromatic heterocycles. The number of fused-ring (bicyclic) bond motifs is 3. The zero-order chi connectivity index (χ0) is 29.9. The van der Waals surface area contributed by atoms with Gasteiger partial charge in [-0.25, -0.2) is 0 Å². The van der Waals surface area contributed by atoms with Gasteiger partial charge in [0.2, 0.25) is 0 Å². The minimum absolute atomic E-state index is 0.607. The summed E-state index contributed by atoms with van der Waals surface area (Å²) in [7, 11) is 0. The second-order valence-corrected chi connectivity index (χ2v) is 11.4. The molecule has 0 unspecified atom stereocenters. The van der Waals surface area contributed by atoms with Crippen LogP contribution in [0.3, 0.4) is 0 Å². The standard InChI is InChI=1S/C41H31N3/c42-26-39-35-14-6-7-15-36(35)40(27-43)38-25-30(21-24-37(38)39)18-17-29-19-22-33(23-20-29)44(28-31-9-2-1-3-10-31)41-16-8-12-32-11-4-5-13-34(32)41/h1-3,6-10,12,14-25H,4-5,11,13,28H2. The van der Waals surface area contributed by atoms with Crippen LogP contribution in [0.4, 0.5) is 11.4 Å². The van der Waals surface area contributed by atoms with Crippen molar-refractivity contribution in [2.24, 2.45) is 0 Å².